The molecule has 4 fully saturated rings. The molecule has 16 heavy (non-hydrogen) atoms. The van der Waals surface area contributed by atoms with Crippen LogP contribution in [0.2, 0.25) is 0 Å². The maximum absolute atomic E-state index is 6.50. The first-order valence-corrected chi connectivity index (χ1v) is 7.18. The molecular weight excluding hydrogens is 196 g/mol. The second-order valence-corrected chi connectivity index (χ2v) is 6.69. The number of rotatable bonds is 4. The molecule has 0 amide bonds. The highest BCUT2D eigenvalue weighted by Gasteiger charge is 2.53. The van der Waals surface area contributed by atoms with Gasteiger partial charge in [0.15, 0.2) is 0 Å². The lowest BCUT2D eigenvalue weighted by atomic mass is 9.48. The molecule has 0 aromatic carbocycles. The number of hydrogen-bond donors (Lipinski definition) is 2. The van der Waals surface area contributed by atoms with Gasteiger partial charge in [-0.15, -0.1) is 0 Å². The summed E-state index contributed by atoms with van der Waals surface area (Å²) in [5.74, 6) is 3.08. The quantitative estimate of drug-likeness (QED) is 0.765. The summed E-state index contributed by atoms with van der Waals surface area (Å²) in [7, 11) is 0. The van der Waals surface area contributed by atoms with Gasteiger partial charge in [0.05, 0.1) is 0 Å². The van der Waals surface area contributed by atoms with E-state index in [1.165, 1.54) is 38.5 Å². The molecule has 92 valence electrons. The molecule has 0 saturated heterocycles. The van der Waals surface area contributed by atoms with E-state index in [2.05, 4.69) is 12.2 Å². The summed E-state index contributed by atoms with van der Waals surface area (Å²) in [5.41, 5.74) is 7.02. The van der Waals surface area contributed by atoms with Crippen molar-refractivity contribution in [3.63, 3.8) is 0 Å². The zero-order valence-electron chi connectivity index (χ0n) is 10.5. The minimum atomic E-state index is 0.404. The van der Waals surface area contributed by atoms with Gasteiger partial charge in [0.2, 0.25) is 0 Å². The standard InChI is InChI=1S/C14H26N2/c1-2-16-9-13(15)14-6-10-3-11(7-14)5-12(4-10)8-14/h10-13,16H,2-9,15H2,1H3. The Morgan fingerprint density at radius 2 is 1.62 bits per heavy atom. The molecular formula is C14H26N2. The Morgan fingerprint density at radius 3 is 2.06 bits per heavy atom. The molecule has 0 aliphatic heterocycles. The first-order valence-electron chi connectivity index (χ1n) is 7.18. The average Bonchev–Trinajstić information content (AvgIpc) is 2.24. The van der Waals surface area contributed by atoms with Crippen molar-refractivity contribution in [1.29, 1.82) is 0 Å². The zero-order chi connectivity index (χ0) is 11.2. The van der Waals surface area contributed by atoms with Gasteiger partial charge < -0.3 is 11.1 Å². The van der Waals surface area contributed by atoms with Crippen molar-refractivity contribution in [2.75, 3.05) is 13.1 Å². The van der Waals surface area contributed by atoms with Crippen LogP contribution in [0.5, 0.6) is 0 Å². The van der Waals surface area contributed by atoms with Gasteiger partial charge in [-0.25, -0.2) is 0 Å². The van der Waals surface area contributed by atoms with Gasteiger partial charge in [-0.1, -0.05) is 6.92 Å². The molecule has 0 radical (unpaired) electrons. The fraction of sp³-hybridized carbons (Fsp3) is 1.00. The molecule has 0 aromatic heterocycles. The highest BCUT2D eigenvalue weighted by molar-refractivity contribution is 5.05. The third-order valence-corrected chi connectivity index (χ3v) is 5.49. The van der Waals surface area contributed by atoms with Crippen molar-refractivity contribution in [1.82, 2.24) is 5.32 Å². The first kappa shape index (κ1) is 11.0. The molecule has 4 aliphatic carbocycles. The normalized spacial score (nSPS) is 47.2. The zero-order valence-corrected chi connectivity index (χ0v) is 10.5. The second kappa shape index (κ2) is 3.99. The highest BCUT2D eigenvalue weighted by atomic mass is 14.9. The van der Waals surface area contributed by atoms with Crippen LogP contribution >= 0.6 is 0 Å². The van der Waals surface area contributed by atoms with Crippen LogP contribution in [0.15, 0.2) is 0 Å². The Kier molecular flexibility index (Phi) is 2.75. The Morgan fingerprint density at radius 1 is 1.12 bits per heavy atom. The number of nitrogens with two attached hydrogens (primary N) is 1. The van der Waals surface area contributed by atoms with Crippen molar-refractivity contribution < 1.29 is 0 Å². The Hall–Kier alpha value is -0.0800. The van der Waals surface area contributed by atoms with E-state index in [1.54, 1.807) is 0 Å². The van der Waals surface area contributed by atoms with Gasteiger partial charge in [-0.2, -0.15) is 0 Å². The Bertz CT molecular complexity index is 226. The molecule has 2 heteroatoms. The maximum Gasteiger partial charge on any atom is 0.0222 e. The van der Waals surface area contributed by atoms with Gasteiger partial charge >= 0.3 is 0 Å². The van der Waals surface area contributed by atoms with Crippen molar-refractivity contribution in [3.8, 4) is 0 Å². The largest absolute Gasteiger partial charge is 0.326 e. The number of nitrogens with one attached hydrogen (secondary N) is 1. The molecule has 2 nitrogen and oxygen atoms in total. The number of likely N-dealkylation sites (N-methyl/N-ethyl adjacent to an activating group) is 1. The molecule has 4 saturated carbocycles. The van der Waals surface area contributed by atoms with E-state index in [0.29, 0.717) is 11.5 Å². The maximum atomic E-state index is 6.50. The topological polar surface area (TPSA) is 38.0 Å². The molecule has 4 rings (SSSR count). The molecule has 4 bridgehead atoms. The van der Waals surface area contributed by atoms with Gasteiger partial charge in [0.25, 0.3) is 0 Å². The highest BCUT2D eigenvalue weighted by Crippen LogP contribution is 2.60. The fourth-order valence-corrected chi connectivity index (χ4v) is 5.15. The summed E-state index contributed by atoms with van der Waals surface area (Å²) in [4.78, 5) is 0. The first-order chi connectivity index (χ1) is 7.72. The van der Waals surface area contributed by atoms with Gasteiger partial charge in [-0.05, 0) is 68.2 Å². The van der Waals surface area contributed by atoms with Crippen molar-refractivity contribution in [2.45, 2.75) is 51.5 Å². The molecule has 0 aromatic rings. The third kappa shape index (κ3) is 1.70. The predicted octanol–water partition coefficient (Wildman–Crippen LogP) is 2.14. The van der Waals surface area contributed by atoms with E-state index in [0.717, 1.165) is 30.8 Å². The summed E-state index contributed by atoms with van der Waals surface area (Å²) < 4.78 is 0. The Labute approximate surface area is 99.4 Å². The van der Waals surface area contributed by atoms with Gasteiger partial charge in [0.1, 0.15) is 0 Å². The van der Waals surface area contributed by atoms with E-state index < -0.39 is 0 Å². The van der Waals surface area contributed by atoms with Crippen LogP contribution in [-0.2, 0) is 0 Å². The minimum Gasteiger partial charge on any atom is -0.326 e. The lowest BCUT2D eigenvalue weighted by Gasteiger charge is -2.59. The molecule has 1 unspecified atom stereocenters. The lowest BCUT2D eigenvalue weighted by molar-refractivity contribution is -0.0663. The summed E-state index contributed by atoms with van der Waals surface area (Å²) >= 11 is 0. The predicted molar refractivity (Wildman–Crippen MR) is 67.1 cm³/mol. The van der Waals surface area contributed by atoms with E-state index in [9.17, 15) is 0 Å². The average molecular weight is 222 g/mol. The monoisotopic (exact) mass is 222 g/mol. The fourth-order valence-electron chi connectivity index (χ4n) is 5.15. The van der Waals surface area contributed by atoms with Crippen LogP contribution in [0.4, 0.5) is 0 Å². The third-order valence-electron chi connectivity index (χ3n) is 5.49. The summed E-state index contributed by atoms with van der Waals surface area (Å²) in [5, 5.41) is 3.45. The van der Waals surface area contributed by atoms with Crippen LogP contribution in [0.3, 0.4) is 0 Å². The van der Waals surface area contributed by atoms with Gasteiger partial charge in [-0.3, -0.25) is 0 Å². The SMILES string of the molecule is CCNCC(N)C12CC3CC(CC(C3)C1)C2. The molecule has 3 N–H and O–H groups in total. The van der Waals surface area contributed by atoms with E-state index in [1.807, 2.05) is 0 Å². The number of hydrogen-bond acceptors (Lipinski definition) is 2. The molecule has 4 aliphatic rings. The summed E-state index contributed by atoms with van der Waals surface area (Å²) in [6, 6.07) is 0.404. The summed E-state index contributed by atoms with van der Waals surface area (Å²) in [6.45, 7) is 4.26. The van der Waals surface area contributed by atoms with Crippen LogP contribution in [-0.4, -0.2) is 19.1 Å². The van der Waals surface area contributed by atoms with Crippen LogP contribution in [0, 0.1) is 23.2 Å². The van der Waals surface area contributed by atoms with E-state index in [-0.39, 0.29) is 0 Å². The summed E-state index contributed by atoms with van der Waals surface area (Å²) in [6.07, 6.45) is 8.87. The second-order valence-electron chi connectivity index (χ2n) is 6.69. The van der Waals surface area contributed by atoms with Crippen molar-refractivity contribution in [3.05, 3.63) is 0 Å². The van der Waals surface area contributed by atoms with Crippen LogP contribution < -0.4 is 11.1 Å². The van der Waals surface area contributed by atoms with E-state index >= 15 is 0 Å². The Balaban J connectivity index is 1.72. The minimum absolute atomic E-state index is 0.404. The van der Waals surface area contributed by atoms with Crippen LogP contribution in [0.25, 0.3) is 0 Å². The van der Waals surface area contributed by atoms with Crippen molar-refractivity contribution >= 4 is 0 Å². The van der Waals surface area contributed by atoms with Crippen LogP contribution in [0.1, 0.15) is 45.4 Å². The lowest BCUT2D eigenvalue weighted by Crippen LogP contribution is -2.57. The smallest absolute Gasteiger partial charge is 0.0222 e. The molecule has 0 heterocycles. The van der Waals surface area contributed by atoms with Crippen molar-refractivity contribution in [2.24, 2.45) is 28.9 Å². The van der Waals surface area contributed by atoms with Gasteiger partial charge in [0, 0.05) is 12.6 Å². The van der Waals surface area contributed by atoms with E-state index in [4.69, 9.17) is 5.73 Å². The molecule has 0 spiro atoms. The molecule has 1 atom stereocenters.